The number of nitrogens with zero attached hydrogens (tertiary/aromatic N) is 1. The van der Waals surface area contributed by atoms with Crippen molar-refractivity contribution in [3.8, 4) is 5.75 Å². The molecule has 0 bridgehead atoms. The summed E-state index contributed by atoms with van der Waals surface area (Å²) < 4.78 is 5.14. The van der Waals surface area contributed by atoms with E-state index in [2.05, 4.69) is 41.6 Å². The lowest BCUT2D eigenvalue weighted by Gasteiger charge is -2.13. The van der Waals surface area contributed by atoms with Gasteiger partial charge in [0.2, 0.25) is 0 Å². The molecular formula is C15H25N3O. The number of guanidine groups is 1. The normalized spacial score (nSPS) is 11.5. The van der Waals surface area contributed by atoms with Crippen molar-refractivity contribution < 1.29 is 4.74 Å². The van der Waals surface area contributed by atoms with Crippen molar-refractivity contribution in [1.29, 1.82) is 0 Å². The Bertz CT molecular complexity index is 385. The lowest BCUT2D eigenvalue weighted by atomic mass is 10.1. The van der Waals surface area contributed by atoms with Crippen LogP contribution in [0.25, 0.3) is 0 Å². The van der Waals surface area contributed by atoms with Crippen molar-refractivity contribution >= 4 is 5.96 Å². The molecule has 0 aliphatic carbocycles. The summed E-state index contributed by atoms with van der Waals surface area (Å²) in [5.41, 5.74) is 1.28. The third-order valence-corrected chi connectivity index (χ3v) is 2.77. The number of nitrogens with one attached hydrogen (secondary N) is 2. The maximum atomic E-state index is 5.14. The summed E-state index contributed by atoms with van der Waals surface area (Å²) in [5, 5.41) is 6.60. The number of ether oxygens (including phenoxy) is 1. The number of methoxy groups -OCH3 is 1. The smallest absolute Gasteiger partial charge is 0.190 e. The molecule has 4 nitrogen and oxygen atoms in total. The fourth-order valence-corrected chi connectivity index (χ4v) is 1.64. The van der Waals surface area contributed by atoms with Gasteiger partial charge < -0.3 is 15.4 Å². The highest BCUT2D eigenvalue weighted by Crippen LogP contribution is 2.11. The Morgan fingerprint density at radius 3 is 2.42 bits per heavy atom. The summed E-state index contributed by atoms with van der Waals surface area (Å²) in [6.07, 6.45) is 0.965. The molecule has 1 aromatic rings. The summed E-state index contributed by atoms with van der Waals surface area (Å²) in [4.78, 5) is 4.19. The molecule has 0 fully saturated rings. The molecule has 0 aliphatic heterocycles. The van der Waals surface area contributed by atoms with Gasteiger partial charge in [0, 0.05) is 20.1 Å². The van der Waals surface area contributed by atoms with Gasteiger partial charge in [-0.1, -0.05) is 26.0 Å². The molecule has 0 spiro atoms. The lowest BCUT2D eigenvalue weighted by Crippen LogP contribution is -2.39. The molecule has 2 N–H and O–H groups in total. The molecule has 0 heterocycles. The van der Waals surface area contributed by atoms with Gasteiger partial charge in [0.25, 0.3) is 0 Å². The predicted octanol–water partition coefficient (Wildman–Crippen LogP) is 2.06. The first-order valence-corrected chi connectivity index (χ1v) is 6.73. The van der Waals surface area contributed by atoms with Crippen LogP contribution in [0.4, 0.5) is 0 Å². The van der Waals surface area contributed by atoms with Crippen LogP contribution in [0, 0.1) is 5.92 Å². The summed E-state index contributed by atoms with van der Waals surface area (Å²) in [6, 6.07) is 8.15. The third-order valence-electron chi connectivity index (χ3n) is 2.77. The van der Waals surface area contributed by atoms with Crippen molar-refractivity contribution in [2.45, 2.75) is 20.3 Å². The van der Waals surface area contributed by atoms with E-state index in [1.807, 2.05) is 12.1 Å². The molecule has 106 valence electrons. The monoisotopic (exact) mass is 263 g/mol. The van der Waals surface area contributed by atoms with Gasteiger partial charge in [-0.25, -0.2) is 0 Å². The molecule has 0 radical (unpaired) electrons. The first kappa shape index (κ1) is 15.3. The van der Waals surface area contributed by atoms with Crippen molar-refractivity contribution in [3.05, 3.63) is 29.8 Å². The van der Waals surface area contributed by atoms with Crippen LogP contribution in [-0.4, -0.2) is 33.2 Å². The molecule has 0 unspecified atom stereocenters. The highest BCUT2D eigenvalue weighted by Gasteiger charge is 1.99. The first-order valence-electron chi connectivity index (χ1n) is 6.73. The molecule has 0 aliphatic rings. The van der Waals surface area contributed by atoms with E-state index < -0.39 is 0 Å². The Labute approximate surface area is 116 Å². The van der Waals surface area contributed by atoms with Crippen LogP contribution < -0.4 is 15.4 Å². The van der Waals surface area contributed by atoms with E-state index in [1.54, 1.807) is 14.2 Å². The number of aliphatic imine (C=N–C) groups is 1. The van der Waals surface area contributed by atoms with Gasteiger partial charge in [-0.05, 0) is 30.0 Å². The second kappa shape index (κ2) is 8.40. The predicted molar refractivity (Wildman–Crippen MR) is 80.9 cm³/mol. The standard InChI is InChI=1S/C15H25N3O/c1-12(2)11-18-15(16-3)17-10-9-13-5-7-14(19-4)8-6-13/h5-8,12H,9-11H2,1-4H3,(H2,16,17,18). The highest BCUT2D eigenvalue weighted by atomic mass is 16.5. The molecule has 4 heteroatoms. The summed E-state index contributed by atoms with van der Waals surface area (Å²) >= 11 is 0. The summed E-state index contributed by atoms with van der Waals surface area (Å²) in [5.74, 6) is 2.37. The second-order valence-corrected chi connectivity index (χ2v) is 4.87. The molecule has 0 amide bonds. The zero-order valence-corrected chi connectivity index (χ0v) is 12.4. The topological polar surface area (TPSA) is 45.7 Å². The van der Waals surface area contributed by atoms with Crippen molar-refractivity contribution in [3.63, 3.8) is 0 Å². The quantitative estimate of drug-likeness (QED) is 0.610. The maximum absolute atomic E-state index is 5.14. The Balaban J connectivity index is 2.31. The Morgan fingerprint density at radius 2 is 1.89 bits per heavy atom. The molecule has 0 atom stereocenters. The maximum Gasteiger partial charge on any atom is 0.190 e. The minimum atomic E-state index is 0.611. The van der Waals surface area contributed by atoms with Gasteiger partial charge >= 0.3 is 0 Å². The van der Waals surface area contributed by atoms with Crippen LogP contribution in [0.1, 0.15) is 19.4 Å². The average Bonchev–Trinajstić information content (AvgIpc) is 2.43. The van der Waals surface area contributed by atoms with E-state index in [0.29, 0.717) is 5.92 Å². The number of hydrogen-bond acceptors (Lipinski definition) is 2. The van der Waals surface area contributed by atoms with E-state index in [9.17, 15) is 0 Å². The van der Waals surface area contributed by atoms with E-state index in [1.165, 1.54) is 5.56 Å². The molecule has 19 heavy (non-hydrogen) atoms. The lowest BCUT2D eigenvalue weighted by molar-refractivity contribution is 0.414. The van der Waals surface area contributed by atoms with Crippen LogP contribution in [0.3, 0.4) is 0 Å². The van der Waals surface area contributed by atoms with E-state index >= 15 is 0 Å². The number of benzene rings is 1. The fraction of sp³-hybridized carbons (Fsp3) is 0.533. The minimum absolute atomic E-state index is 0.611. The average molecular weight is 263 g/mol. The molecule has 0 aromatic heterocycles. The molecule has 0 saturated carbocycles. The van der Waals surface area contributed by atoms with Crippen LogP contribution in [0.5, 0.6) is 5.75 Å². The van der Waals surface area contributed by atoms with E-state index in [-0.39, 0.29) is 0 Å². The van der Waals surface area contributed by atoms with Crippen molar-refractivity contribution in [1.82, 2.24) is 10.6 Å². The van der Waals surface area contributed by atoms with Crippen LogP contribution >= 0.6 is 0 Å². The Kier molecular flexibility index (Phi) is 6.79. The second-order valence-electron chi connectivity index (χ2n) is 4.87. The van der Waals surface area contributed by atoms with Crippen molar-refractivity contribution in [2.75, 3.05) is 27.2 Å². The first-order chi connectivity index (χ1) is 9.15. The summed E-state index contributed by atoms with van der Waals surface area (Å²) in [7, 11) is 3.48. The zero-order valence-electron chi connectivity index (χ0n) is 12.4. The molecule has 1 rings (SSSR count). The Hall–Kier alpha value is -1.71. The Morgan fingerprint density at radius 1 is 1.21 bits per heavy atom. The number of rotatable bonds is 6. The third kappa shape index (κ3) is 6.13. The van der Waals surface area contributed by atoms with Gasteiger partial charge in [-0.2, -0.15) is 0 Å². The minimum Gasteiger partial charge on any atom is -0.497 e. The van der Waals surface area contributed by atoms with Crippen LogP contribution in [0.15, 0.2) is 29.3 Å². The SMILES string of the molecule is CN=C(NCCc1ccc(OC)cc1)NCC(C)C. The fourth-order valence-electron chi connectivity index (χ4n) is 1.64. The van der Waals surface area contributed by atoms with Crippen LogP contribution in [-0.2, 0) is 6.42 Å². The van der Waals surface area contributed by atoms with Gasteiger partial charge in [0.05, 0.1) is 7.11 Å². The van der Waals surface area contributed by atoms with E-state index in [0.717, 1.165) is 31.2 Å². The zero-order chi connectivity index (χ0) is 14.1. The van der Waals surface area contributed by atoms with Gasteiger partial charge in [0.15, 0.2) is 5.96 Å². The van der Waals surface area contributed by atoms with Gasteiger partial charge in [-0.3, -0.25) is 4.99 Å². The van der Waals surface area contributed by atoms with Gasteiger partial charge in [0.1, 0.15) is 5.75 Å². The van der Waals surface area contributed by atoms with Crippen LogP contribution in [0.2, 0.25) is 0 Å². The highest BCUT2D eigenvalue weighted by molar-refractivity contribution is 5.79. The van der Waals surface area contributed by atoms with Gasteiger partial charge in [-0.15, -0.1) is 0 Å². The molecule has 0 saturated heterocycles. The molecule has 1 aromatic carbocycles. The van der Waals surface area contributed by atoms with E-state index in [4.69, 9.17) is 4.74 Å². The van der Waals surface area contributed by atoms with Crippen molar-refractivity contribution in [2.24, 2.45) is 10.9 Å². The summed E-state index contributed by atoms with van der Waals surface area (Å²) in [6.45, 7) is 6.15. The number of hydrogen-bond donors (Lipinski definition) is 2. The molecular weight excluding hydrogens is 238 g/mol. The largest absolute Gasteiger partial charge is 0.497 e.